The van der Waals surface area contributed by atoms with Crippen molar-refractivity contribution in [3.63, 3.8) is 0 Å². The van der Waals surface area contributed by atoms with Crippen LogP contribution in [0.25, 0.3) is 11.3 Å². The molecule has 9 heteroatoms. The molecule has 0 unspecified atom stereocenters. The van der Waals surface area contributed by atoms with Crippen LogP contribution in [0.2, 0.25) is 13.3 Å². The van der Waals surface area contributed by atoms with Gasteiger partial charge in [0.1, 0.15) is 16.1 Å². The Morgan fingerprint density at radius 3 is 1.61 bits per heavy atom. The Bertz CT molecular complexity index is 1580. The summed E-state index contributed by atoms with van der Waals surface area (Å²) < 4.78 is 36.6. The summed E-state index contributed by atoms with van der Waals surface area (Å²) in [6, 6.07) is 5.91. The van der Waals surface area contributed by atoms with Gasteiger partial charge in [-0.25, -0.2) is 9.37 Å². The summed E-state index contributed by atoms with van der Waals surface area (Å²) in [5, 5.41) is 0. The van der Waals surface area contributed by atoms with Crippen molar-refractivity contribution in [2.24, 2.45) is 0 Å². The minimum Gasteiger partial charge on any atom is -0.294 e. The van der Waals surface area contributed by atoms with Gasteiger partial charge >= 0.3 is 151 Å². The molecule has 0 amide bonds. The maximum Gasteiger partial charge on any atom is 0.140 e. The van der Waals surface area contributed by atoms with Gasteiger partial charge in [-0.05, 0) is 42.8 Å². The number of hydrogen-bond donors (Lipinski definition) is 0. The molecular weight excluding hydrogens is 724 g/mol. The third-order valence-corrected chi connectivity index (χ3v) is 23.3. The maximum atomic E-state index is 13.5. The molecule has 232 valence electrons. The third kappa shape index (κ3) is 11.3. The Balaban J connectivity index is 0.000000266. The monoisotopic (exact) mass is 768 g/mol. The van der Waals surface area contributed by atoms with Crippen molar-refractivity contribution in [2.75, 3.05) is 0 Å². The molecule has 0 N–H and O–H groups in total. The molecule has 0 aliphatic rings. The topological polar surface area (TPSA) is 34.6 Å². The van der Waals surface area contributed by atoms with Crippen LogP contribution in [0.1, 0.15) is 80.1 Å². The van der Waals surface area contributed by atoms with Crippen LogP contribution in [0, 0.1) is 46.9 Å². The molecule has 0 spiro atoms. The minimum atomic E-state index is -2.49. The van der Waals surface area contributed by atoms with E-state index in [1.807, 2.05) is 6.20 Å². The van der Waals surface area contributed by atoms with E-state index in [2.05, 4.69) is 92.5 Å². The first-order valence-electron chi connectivity index (χ1n) is 15.5. The first-order valence-corrected chi connectivity index (χ1v) is 23.7. The number of imidazole rings is 2. The largest absolute Gasteiger partial charge is 0.294 e. The summed E-state index contributed by atoms with van der Waals surface area (Å²) in [7, 11) is 0. The number of unbranched alkanes of at least 4 members (excludes halogenated alkanes) is 3. The molecule has 4 nitrogen and oxygen atoms in total. The van der Waals surface area contributed by atoms with E-state index in [1.54, 1.807) is 49.7 Å². The molecule has 4 rings (SSSR count). The van der Waals surface area contributed by atoms with Gasteiger partial charge in [-0.15, -0.1) is 35.2 Å². The summed E-state index contributed by atoms with van der Waals surface area (Å²) in [5.74, 6) is 16.6. The first-order chi connectivity index (χ1) is 21.3. The fourth-order valence-electron chi connectivity index (χ4n) is 5.12. The van der Waals surface area contributed by atoms with Gasteiger partial charge < -0.3 is 0 Å². The number of rotatable bonds is 10. The van der Waals surface area contributed by atoms with Crippen LogP contribution < -0.4 is 3.71 Å². The van der Waals surface area contributed by atoms with Crippen LogP contribution >= 0.6 is 15.9 Å². The van der Waals surface area contributed by atoms with Gasteiger partial charge in [0.15, 0.2) is 0 Å². The van der Waals surface area contributed by atoms with Crippen LogP contribution in [0.3, 0.4) is 0 Å². The molecule has 0 aliphatic carbocycles. The molecule has 0 atom stereocenters. The summed E-state index contributed by atoms with van der Waals surface area (Å²) in [4.78, 5) is 8.50. The van der Waals surface area contributed by atoms with Gasteiger partial charge in [0.2, 0.25) is 0 Å². The average Bonchev–Trinajstić information content (AvgIpc) is 3.61. The van der Waals surface area contributed by atoms with E-state index in [-0.39, 0.29) is 18.3 Å². The molecule has 4 heterocycles. The number of pyridine rings is 2. The van der Waals surface area contributed by atoms with Crippen LogP contribution in [0.4, 0.5) is 8.78 Å². The number of nitrogens with zero attached hydrogens (tertiary/aromatic N) is 4. The van der Waals surface area contributed by atoms with Crippen molar-refractivity contribution < 1.29 is 8.78 Å². The van der Waals surface area contributed by atoms with E-state index in [0.29, 0.717) is 5.65 Å². The predicted molar refractivity (Wildman–Crippen MR) is 189 cm³/mol. The molecule has 44 heavy (non-hydrogen) atoms. The first kappa shape index (κ1) is 37.5. The average molecular weight is 768 g/mol. The zero-order valence-electron chi connectivity index (χ0n) is 27.0. The van der Waals surface area contributed by atoms with Gasteiger partial charge in [0, 0.05) is 12.3 Å². The SMILES string of the molecule is CC#CB(C#CC)C#CC.CCC[CH2][Sn]([CH2]CCC)([CH2]CCC)[c]1cnc2cc(F)ccn12.Fc1ccn2c(Br)cnc2c1. The van der Waals surface area contributed by atoms with Gasteiger partial charge in [-0.1, -0.05) is 0 Å². The van der Waals surface area contributed by atoms with Gasteiger partial charge in [0.25, 0.3) is 0 Å². The maximum absolute atomic E-state index is 13.5. The van der Waals surface area contributed by atoms with E-state index < -0.39 is 18.4 Å². The second kappa shape index (κ2) is 20.3. The summed E-state index contributed by atoms with van der Waals surface area (Å²) in [6.07, 6.45) is 15.0. The Labute approximate surface area is 275 Å². The summed E-state index contributed by atoms with van der Waals surface area (Å²) >= 11 is 0.779. The summed E-state index contributed by atoms with van der Waals surface area (Å²) in [5.41, 5.74) is 1.39. The number of hydrogen-bond acceptors (Lipinski definition) is 2. The van der Waals surface area contributed by atoms with Crippen molar-refractivity contribution in [1.82, 2.24) is 18.8 Å². The van der Waals surface area contributed by atoms with Crippen molar-refractivity contribution in [3.05, 3.63) is 65.3 Å². The van der Waals surface area contributed by atoms with Gasteiger partial charge in [0.05, 0.1) is 6.20 Å². The number of halogens is 3. The van der Waals surface area contributed by atoms with Crippen molar-refractivity contribution >= 4 is 56.0 Å². The van der Waals surface area contributed by atoms with Crippen LogP contribution in [0.15, 0.2) is 53.7 Å². The van der Waals surface area contributed by atoms with Crippen molar-refractivity contribution in [2.45, 2.75) is 93.4 Å². The van der Waals surface area contributed by atoms with E-state index in [4.69, 9.17) is 0 Å². The van der Waals surface area contributed by atoms with Gasteiger partial charge in [-0.2, -0.15) is 0 Å². The summed E-state index contributed by atoms with van der Waals surface area (Å²) in [6.45, 7) is 12.2. The Hall–Kier alpha value is -2.74. The van der Waals surface area contributed by atoms with E-state index in [1.165, 1.54) is 67.7 Å². The fraction of sp³-hybridized carbons (Fsp3) is 0.429. The standard InChI is InChI=1S/C9H9B.C7H4BrFN2.C7H4FN2.3C4H9.Sn/c1-4-7-10(8-5-2)9-6-3;8-6-4-10-7-3-5(9)1-2-11(6)7;8-6-1-3-10-4-2-9-7(10)5-6;3*1-3-4-2;/h1-3H3;1-4H;1-3,5H;3*1,3-4H2,2H3;. The Kier molecular flexibility index (Phi) is 17.3. The third-order valence-electron chi connectivity index (χ3n) is 7.34. The molecule has 4 aromatic heterocycles. The molecular formula is C35H44BBrF2N4Sn. The molecule has 0 saturated heterocycles. The number of fused-ring (bicyclic) bond motifs is 2. The molecule has 0 aliphatic heterocycles. The molecule has 0 aromatic carbocycles. The molecule has 0 radical (unpaired) electrons. The molecule has 0 fully saturated rings. The predicted octanol–water partition coefficient (Wildman–Crippen LogP) is 8.93. The zero-order chi connectivity index (χ0) is 32.4. The molecule has 4 aromatic rings. The van der Waals surface area contributed by atoms with Crippen LogP contribution in [0.5, 0.6) is 0 Å². The normalized spacial score (nSPS) is 10.2. The zero-order valence-corrected chi connectivity index (χ0v) is 31.4. The van der Waals surface area contributed by atoms with Crippen LogP contribution in [-0.2, 0) is 0 Å². The Morgan fingerprint density at radius 2 is 1.16 bits per heavy atom. The van der Waals surface area contributed by atoms with Crippen LogP contribution in [-0.4, -0.2) is 43.9 Å². The second-order valence-electron chi connectivity index (χ2n) is 10.6. The quantitative estimate of drug-likeness (QED) is 0.119. The van der Waals surface area contributed by atoms with Gasteiger partial charge in [-0.3, -0.25) is 4.40 Å². The second-order valence-corrected chi connectivity index (χ2v) is 24.4. The van der Waals surface area contributed by atoms with E-state index in [0.717, 1.165) is 10.3 Å². The van der Waals surface area contributed by atoms with E-state index in [9.17, 15) is 8.78 Å². The van der Waals surface area contributed by atoms with E-state index >= 15 is 0 Å². The number of aromatic nitrogens is 4. The van der Waals surface area contributed by atoms with Crippen molar-refractivity contribution in [1.29, 1.82) is 0 Å². The minimum absolute atomic E-state index is 0.0556. The van der Waals surface area contributed by atoms with Crippen molar-refractivity contribution in [3.8, 4) is 35.2 Å². The molecule has 0 saturated carbocycles. The fourth-order valence-corrected chi connectivity index (χ4v) is 21.6. The smallest absolute Gasteiger partial charge is 0.140 e. The molecule has 0 bridgehead atoms. The Morgan fingerprint density at radius 1 is 0.727 bits per heavy atom.